The van der Waals surface area contributed by atoms with E-state index in [1.807, 2.05) is 0 Å². The van der Waals surface area contributed by atoms with Crippen LogP contribution in [0.1, 0.15) is 16.1 Å². The summed E-state index contributed by atoms with van der Waals surface area (Å²) in [5.74, 6) is -0.562. The largest absolute Gasteiger partial charge is 0.454 e. The molecule has 0 aliphatic carbocycles. The lowest BCUT2D eigenvalue weighted by atomic mass is 10.2. The summed E-state index contributed by atoms with van der Waals surface area (Å²) in [4.78, 5) is 12.2. The van der Waals surface area contributed by atoms with E-state index in [9.17, 15) is 21.6 Å². The minimum Gasteiger partial charge on any atom is -0.454 e. The summed E-state index contributed by atoms with van der Waals surface area (Å²) in [6.45, 7) is -0.280. The summed E-state index contributed by atoms with van der Waals surface area (Å²) in [7, 11) is -4.79. The zero-order valence-corrected chi connectivity index (χ0v) is 18.3. The second-order valence-corrected chi connectivity index (χ2v) is 10.3. The van der Waals surface area contributed by atoms with Crippen LogP contribution in [0.25, 0.3) is 0 Å². The molecule has 164 valence electrons. The van der Waals surface area contributed by atoms with Crippen LogP contribution in [0.2, 0.25) is 0 Å². The summed E-state index contributed by atoms with van der Waals surface area (Å²) < 4.78 is 62.7. The summed E-state index contributed by atoms with van der Waals surface area (Å²) >= 11 is 0. The molecule has 0 atom stereocenters. The van der Waals surface area contributed by atoms with Crippen molar-refractivity contribution in [3.05, 3.63) is 78.1 Å². The average Bonchev–Trinajstić information content (AvgIpc) is 3.22. The van der Waals surface area contributed by atoms with E-state index in [1.54, 1.807) is 30.3 Å². The van der Waals surface area contributed by atoms with Crippen LogP contribution in [0, 0.1) is 0 Å². The first-order valence-electron chi connectivity index (χ1n) is 8.96. The molecule has 0 spiro atoms. The maximum absolute atomic E-state index is 12.4. The van der Waals surface area contributed by atoms with E-state index in [1.165, 1.54) is 50.5 Å². The van der Waals surface area contributed by atoms with E-state index in [2.05, 4.69) is 4.72 Å². The van der Waals surface area contributed by atoms with Crippen molar-refractivity contribution >= 4 is 31.7 Å². The molecule has 31 heavy (non-hydrogen) atoms. The number of carbonyl (C=O) groups excluding carboxylic acids is 1. The van der Waals surface area contributed by atoms with Gasteiger partial charge in [0.25, 0.3) is 20.0 Å². The number of hydrogen-bond acceptors (Lipinski definition) is 7. The highest BCUT2D eigenvalue weighted by Gasteiger charge is 2.22. The lowest BCUT2D eigenvalue weighted by molar-refractivity contribution is 0.0440. The van der Waals surface area contributed by atoms with Crippen LogP contribution in [-0.4, -0.2) is 41.2 Å². The fourth-order valence-corrected chi connectivity index (χ4v) is 4.34. The van der Waals surface area contributed by atoms with Gasteiger partial charge in [0.05, 0.1) is 10.5 Å². The zero-order valence-electron chi connectivity index (χ0n) is 16.7. The normalized spacial score (nSPS) is 12.0. The summed E-state index contributed by atoms with van der Waals surface area (Å²) in [6, 6.07) is 16.3. The first-order chi connectivity index (χ1) is 14.6. The number of furan rings is 1. The van der Waals surface area contributed by atoms with Gasteiger partial charge in [-0.25, -0.2) is 25.9 Å². The highest BCUT2D eigenvalue weighted by molar-refractivity contribution is 7.92. The molecule has 0 bridgehead atoms. The summed E-state index contributed by atoms with van der Waals surface area (Å²) in [6.07, 6.45) is 0. The van der Waals surface area contributed by atoms with Crippen molar-refractivity contribution in [2.75, 3.05) is 18.8 Å². The first-order valence-corrected chi connectivity index (χ1v) is 11.9. The number of rotatable bonds is 8. The van der Waals surface area contributed by atoms with Crippen molar-refractivity contribution in [3.8, 4) is 0 Å². The Bertz CT molecular complexity index is 1260. The van der Waals surface area contributed by atoms with Crippen molar-refractivity contribution in [3.63, 3.8) is 0 Å². The van der Waals surface area contributed by atoms with E-state index in [0.29, 0.717) is 5.69 Å². The molecule has 0 aliphatic rings. The Morgan fingerprint density at radius 3 is 2.19 bits per heavy atom. The highest BCUT2D eigenvalue weighted by atomic mass is 32.2. The van der Waals surface area contributed by atoms with Crippen LogP contribution in [0.5, 0.6) is 0 Å². The maximum Gasteiger partial charge on any atom is 0.338 e. The molecular weight excluding hydrogens is 444 g/mol. The van der Waals surface area contributed by atoms with Crippen molar-refractivity contribution in [1.29, 1.82) is 0 Å². The third kappa shape index (κ3) is 5.32. The number of hydrogen-bond donors (Lipinski definition) is 1. The van der Waals surface area contributed by atoms with Gasteiger partial charge in [0.15, 0.2) is 0 Å². The second-order valence-electron chi connectivity index (χ2n) is 6.58. The molecule has 1 heterocycles. The number of sulfonamides is 2. The second kappa shape index (κ2) is 8.92. The Morgan fingerprint density at radius 2 is 1.58 bits per heavy atom. The number of benzene rings is 2. The molecule has 0 saturated carbocycles. The van der Waals surface area contributed by atoms with Crippen LogP contribution >= 0.6 is 0 Å². The molecule has 3 rings (SSSR count). The molecule has 0 unspecified atom stereocenters. The lowest BCUT2D eigenvalue weighted by Gasteiger charge is -2.09. The Balaban J connectivity index is 1.64. The van der Waals surface area contributed by atoms with E-state index in [4.69, 9.17) is 9.15 Å². The molecule has 0 amide bonds. The smallest absolute Gasteiger partial charge is 0.338 e. The number of para-hydroxylation sites is 1. The SMILES string of the molecule is CN(C)S(=O)(=O)c1ccc(COC(=O)c2ccc(S(=O)(=O)Nc3ccccc3)cc2)o1. The lowest BCUT2D eigenvalue weighted by Crippen LogP contribution is -2.21. The van der Waals surface area contributed by atoms with Gasteiger partial charge >= 0.3 is 5.97 Å². The zero-order chi connectivity index (χ0) is 22.6. The Morgan fingerprint density at radius 1 is 0.935 bits per heavy atom. The molecule has 0 radical (unpaired) electrons. The molecule has 9 nitrogen and oxygen atoms in total. The van der Waals surface area contributed by atoms with Gasteiger partial charge in [0, 0.05) is 19.8 Å². The molecule has 0 aliphatic heterocycles. The Kier molecular flexibility index (Phi) is 6.48. The molecule has 0 fully saturated rings. The van der Waals surface area contributed by atoms with Gasteiger partial charge in [-0.1, -0.05) is 18.2 Å². The highest BCUT2D eigenvalue weighted by Crippen LogP contribution is 2.19. The van der Waals surface area contributed by atoms with E-state index in [0.717, 1.165) is 4.31 Å². The Hall–Kier alpha value is -3.15. The van der Waals surface area contributed by atoms with Crippen LogP contribution in [0.3, 0.4) is 0 Å². The number of esters is 1. The number of nitrogens with one attached hydrogen (secondary N) is 1. The van der Waals surface area contributed by atoms with Crippen molar-refractivity contribution in [2.45, 2.75) is 16.6 Å². The molecule has 3 aromatic rings. The van der Waals surface area contributed by atoms with E-state index in [-0.39, 0.29) is 27.9 Å². The number of ether oxygens (including phenoxy) is 1. The molecule has 1 aromatic heterocycles. The molecular formula is C20H20N2O7S2. The number of nitrogens with zero attached hydrogens (tertiary/aromatic N) is 1. The van der Waals surface area contributed by atoms with Crippen LogP contribution in [0.15, 0.2) is 81.1 Å². The number of anilines is 1. The predicted molar refractivity (Wildman–Crippen MR) is 112 cm³/mol. The molecule has 1 N–H and O–H groups in total. The molecule has 2 aromatic carbocycles. The van der Waals surface area contributed by atoms with Crippen molar-refractivity contribution in [2.24, 2.45) is 0 Å². The topological polar surface area (TPSA) is 123 Å². The molecule has 11 heteroatoms. The van der Waals surface area contributed by atoms with Gasteiger partial charge in [-0.05, 0) is 48.5 Å². The predicted octanol–water partition coefficient (Wildman–Crippen LogP) is 2.69. The fraction of sp³-hybridized carbons (Fsp3) is 0.150. The quantitative estimate of drug-likeness (QED) is 0.509. The standard InChI is InChI=1S/C20H20N2O7S2/c1-22(2)31(26,27)19-13-10-17(29-19)14-28-20(23)15-8-11-18(12-9-15)30(24,25)21-16-6-4-3-5-7-16/h3-13,21H,14H2,1-2H3. The van der Waals surface area contributed by atoms with Gasteiger partial charge in [-0.2, -0.15) is 0 Å². The van der Waals surface area contributed by atoms with Gasteiger partial charge < -0.3 is 9.15 Å². The van der Waals surface area contributed by atoms with E-state index < -0.39 is 26.0 Å². The van der Waals surface area contributed by atoms with E-state index >= 15 is 0 Å². The third-order valence-corrected chi connectivity index (χ3v) is 7.23. The maximum atomic E-state index is 12.4. The van der Waals surface area contributed by atoms with Gasteiger partial charge in [-0.15, -0.1) is 0 Å². The minimum atomic E-state index is -3.81. The minimum absolute atomic E-state index is 0.0162. The molecule has 0 saturated heterocycles. The van der Waals surface area contributed by atoms with Gasteiger partial charge in [0.1, 0.15) is 12.4 Å². The van der Waals surface area contributed by atoms with Gasteiger partial charge in [0.2, 0.25) is 5.09 Å². The van der Waals surface area contributed by atoms with Crippen LogP contribution in [-0.2, 0) is 31.4 Å². The van der Waals surface area contributed by atoms with Crippen molar-refractivity contribution < 1.29 is 30.8 Å². The Labute approximate surface area is 180 Å². The van der Waals surface area contributed by atoms with Crippen LogP contribution in [0.4, 0.5) is 5.69 Å². The monoisotopic (exact) mass is 464 g/mol. The van der Waals surface area contributed by atoms with Crippen molar-refractivity contribution in [1.82, 2.24) is 4.31 Å². The third-order valence-electron chi connectivity index (χ3n) is 4.14. The summed E-state index contributed by atoms with van der Waals surface area (Å²) in [5.41, 5.74) is 0.548. The fourth-order valence-electron chi connectivity index (χ4n) is 2.46. The van der Waals surface area contributed by atoms with Crippen LogP contribution < -0.4 is 4.72 Å². The van der Waals surface area contributed by atoms with Gasteiger partial charge in [-0.3, -0.25) is 4.72 Å². The summed E-state index contributed by atoms with van der Waals surface area (Å²) in [5, 5.41) is -0.260. The first kappa shape index (κ1) is 22.5. The number of carbonyl (C=O) groups is 1. The average molecular weight is 465 g/mol.